The maximum Gasteiger partial charge on any atom is 0.302 e. The minimum Gasteiger partial charge on any atom is -0.486 e. The van der Waals surface area contributed by atoms with Gasteiger partial charge in [0.1, 0.15) is 37.9 Å². The molecule has 354 valence electrons. The number of nitrogens with zero attached hydrogens (tertiary/aromatic N) is 4. The number of benzene rings is 3. The Balaban J connectivity index is 1.28. The van der Waals surface area contributed by atoms with E-state index in [-0.39, 0.29) is 95.8 Å². The number of amides is 1. The molecule has 1 saturated heterocycles. The normalized spacial score (nSPS) is 29.7. The van der Waals surface area contributed by atoms with Crippen molar-refractivity contribution in [3.8, 4) is 23.3 Å². The third-order valence-corrected chi connectivity index (χ3v) is 14.1. The third-order valence-electron chi connectivity index (χ3n) is 14.1. The Hall–Kier alpha value is -6.21. The van der Waals surface area contributed by atoms with Gasteiger partial charge in [0.15, 0.2) is 40.2 Å². The number of hydrogen-bond acceptors (Lipinski definition) is 18. The molecule has 19 heteroatoms. The van der Waals surface area contributed by atoms with Crippen LogP contribution < -0.4 is 20.1 Å². The highest BCUT2D eigenvalue weighted by Gasteiger charge is 2.64. The number of aldehydes is 1. The van der Waals surface area contributed by atoms with Crippen LogP contribution in [0.4, 0.5) is 5.69 Å². The number of ether oxygens (including phenoxy) is 4. The Morgan fingerprint density at radius 3 is 2.56 bits per heavy atom. The van der Waals surface area contributed by atoms with E-state index in [1.165, 1.54) is 24.3 Å². The maximum absolute atomic E-state index is 15.0. The smallest absolute Gasteiger partial charge is 0.302 e. The van der Waals surface area contributed by atoms with Crippen molar-refractivity contribution < 1.29 is 68.8 Å². The lowest BCUT2D eigenvalue weighted by Crippen LogP contribution is -2.72. The molecule has 1 spiro atoms. The van der Waals surface area contributed by atoms with Gasteiger partial charge in [-0.15, -0.1) is 0 Å². The number of para-hydroxylation sites is 1. The van der Waals surface area contributed by atoms with Crippen molar-refractivity contribution in [1.82, 2.24) is 0 Å². The van der Waals surface area contributed by atoms with E-state index in [4.69, 9.17) is 24.7 Å². The second-order valence-electron chi connectivity index (χ2n) is 18.3. The number of carbonyl (C=O) groups is 4. The number of amidine groups is 1. The highest BCUT2D eigenvalue weighted by Crippen LogP contribution is 2.54. The van der Waals surface area contributed by atoms with Crippen LogP contribution in [0.5, 0.6) is 11.5 Å². The Morgan fingerprint density at radius 1 is 0.985 bits per heavy atom. The van der Waals surface area contributed by atoms with Gasteiger partial charge in [0, 0.05) is 46.7 Å². The summed E-state index contributed by atoms with van der Waals surface area (Å²) in [7, 11) is 0. The first-order valence-corrected chi connectivity index (χ1v) is 22.7. The van der Waals surface area contributed by atoms with E-state index in [2.05, 4.69) is 26.8 Å². The van der Waals surface area contributed by atoms with Crippen LogP contribution in [0.1, 0.15) is 106 Å². The van der Waals surface area contributed by atoms with Gasteiger partial charge >= 0.3 is 5.91 Å². The summed E-state index contributed by atoms with van der Waals surface area (Å²) in [6.45, 7) is -1.22. The number of carbonyl (C=O) groups excluding carboxylic acids is 4. The molecule has 0 radical (unpaired) electrons. The zero-order valence-electron chi connectivity index (χ0n) is 36.6. The molecule has 10 rings (SSSR count). The molecule has 5 heterocycles. The lowest BCUT2D eigenvalue weighted by Gasteiger charge is -2.51. The molecule has 8 N–H and O–H groups in total. The van der Waals surface area contributed by atoms with Crippen molar-refractivity contribution in [1.29, 1.82) is 0 Å². The Bertz CT molecular complexity index is 2770. The number of rotatable bonds is 8. The summed E-state index contributed by atoms with van der Waals surface area (Å²) in [6, 6.07) is 13.0. The molecule has 68 heavy (non-hydrogen) atoms. The maximum atomic E-state index is 15.0. The van der Waals surface area contributed by atoms with Crippen molar-refractivity contribution in [3.05, 3.63) is 87.5 Å². The lowest BCUT2D eigenvalue weighted by atomic mass is 9.73. The minimum absolute atomic E-state index is 0.0165. The van der Waals surface area contributed by atoms with Crippen LogP contribution in [-0.2, 0) is 25.7 Å². The van der Waals surface area contributed by atoms with E-state index in [0.29, 0.717) is 48.8 Å². The van der Waals surface area contributed by atoms with E-state index in [1.54, 1.807) is 23.1 Å². The van der Waals surface area contributed by atoms with E-state index in [9.17, 15) is 49.8 Å². The molecule has 5 aliphatic heterocycles. The Morgan fingerprint density at radius 2 is 1.78 bits per heavy atom. The zero-order chi connectivity index (χ0) is 47.6. The van der Waals surface area contributed by atoms with Gasteiger partial charge in [-0.2, -0.15) is 9.98 Å². The molecule has 3 aromatic rings. The van der Waals surface area contributed by atoms with Crippen molar-refractivity contribution in [2.24, 2.45) is 26.6 Å². The minimum atomic E-state index is -2.46. The second-order valence-corrected chi connectivity index (χ2v) is 18.3. The first kappa shape index (κ1) is 45.6. The summed E-state index contributed by atoms with van der Waals surface area (Å²) in [5.41, 5.74) is 3.29. The fraction of sp³-hybridized carbons (Fsp3) is 0.449. The van der Waals surface area contributed by atoms with Crippen molar-refractivity contribution in [3.63, 3.8) is 0 Å². The molecule has 0 aromatic heterocycles. The molecule has 2 fully saturated rings. The summed E-state index contributed by atoms with van der Waals surface area (Å²) in [5, 5.41) is 69.2. The monoisotopic (exact) mass is 931 g/mol. The average molecular weight is 932 g/mol. The molecular weight excluding hydrogens is 883 g/mol. The topological polar surface area (TPSA) is 293 Å². The van der Waals surface area contributed by atoms with Gasteiger partial charge in [0.2, 0.25) is 12.2 Å². The Labute approximate surface area is 388 Å². The highest BCUT2D eigenvalue weighted by molar-refractivity contribution is 6.72. The van der Waals surface area contributed by atoms with Crippen molar-refractivity contribution >= 4 is 47.0 Å². The molecule has 1 amide bonds. The SMILES string of the molecule is NC1=NC(=O)C2=NCN(c3ccccc3[C@H]3c4cc5c(c(OC[C@H](O)CC=O)c4O[C@H]4O[C@H]6C7(CCCC7)OC[C@@H]3CC[C@H](O)CC#C[C@@]6(O)[C@@H](O)[C@@H]4O)C(=O)c3cc(CO)ccc3C5=O)C2=N1. The van der Waals surface area contributed by atoms with Gasteiger partial charge in [-0.3, -0.25) is 19.4 Å². The molecule has 9 atom stereocenters. The number of guanidine groups is 1. The van der Waals surface area contributed by atoms with Crippen LogP contribution in [0.2, 0.25) is 0 Å². The van der Waals surface area contributed by atoms with Gasteiger partial charge in [-0.25, -0.2) is 0 Å². The van der Waals surface area contributed by atoms with Crippen LogP contribution in [-0.4, -0.2) is 140 Å². The molecule has 3 bridgehead atoms. The quantitative estimate of drug-likeness (QED) is 0.0956. The van der Waals surface area contributed by atoms with E-state index in [0.717, 1.165) is 0 Å². The number of aliphatic imine (C=N–C) groups is 3. The summed E-state index contributed by atoms with van der Waals surface area (Å²) in [6.07, 6.45) is -7.55. The molecule has 2 aliphatic carbocycles. The van der Waals surface area contributed by atoms with Crippen molar-refractivity contribution in [2.75, 3.05) is 24.8 Å². The van der Waals surface area contributed by atoms with Crippen LogP contribution in [0.3, 0.4) is 0 Å². The molecular formula is C49H49N5O14. The lowest BCUT2D eigenvalue weighted by molar-refractivity contribution is -0.329. The first-order valence-electron chi connectivity index (χ1n) is 22.7. The van der Waals surface area contributed by atoms with Crippen molar-refractivity contribution in [2.45, 2.75) is 112 Å². The standard InChI is InChI=1S/C49H49N5O14/c50-47-52-43-36(44(63)53-47)51-23-54(43)33-8-2-1-7-29(33)34-25-10-11-26(57)6-5-16-49(64)42(62)39(61)45(68-46(49)48(66-21-25)14-3-4-15-48)67-40-32(34)19-31-35(41(40)65-22-27(58)13-17-55)38(60)30-18-24(20-56)9-12-28(30)37(31)59/h1-2,7-9,12,17-19,25-27,34,39,42,45-46,56-58,61-62,64H,3-4,6,10-11,13-15,20-23H2,(H2,50,53,63)/t25-,26+,27+,34-,39-,42-,45-,46-,49+/m0/s1. The second kappa shape index (κ2) is 17.7. The fourth-order valence-corrected chi connectivity index (χ4v) is 10.8. The molecule has 3 aromatic carbocycles. The molecule has 19 nitrogen and oxygen atoms in total. The number of hydrogen-bond donors (Lipinski definition) is 7. The molecule has 7 aliphatic rings. The number of ketones is 2. The number of aliphatic hydroxyl groups is 6. The first-order chi connectivity index (χ1) is 32.8. The van der Waals surface area contributed by atoms with E-state index >= 15 is 0 Å². The predicted octanol–water partition coefficient (Wildman–Crippen LogP) is 0.951. The number of anilines is 1. The van der Waals surface area contributed by atoms with E-state index < -0.39 is 90.5 Å². The largest absolute Gasteiger partial charge is 0.486 e. The molecule has 0 unspecified atom stereocenters. The fourth-order valence-electron chi connectivity index (χ4n) is 10.8. The van der Waals surface area contributed by atoms with Gasteiger partial charge in [-0.1, -0.05) is 48.9 Å². The Kier molecular flexibility index (Phi) is 11.9. The van der Waals surface area contributed by atoms with Gasteiger partial charge < -0.3 is 65.0 Å². The summed E-state index contributed by atoms with van der Waals surface area (Å²) < 4.78 is 27.0. The van der Waals surface area contributed by atoms with Crippen LogP contribution in [0.25, 0.3) is 0 Å². The van der Waals surface area contributed by atoms with Crippen LogP contribution in [0.15, 0.2) is 63.5 Å². The molecule has 1 saturated carbocycles. The van der Waals surface area contributed by atoms with Gasteiger partial charge in [0.05, 0.1) is 36.6 Å². The van der Waals surface area contributed by atoms with Crippen LogP contribution in [0, 0.1) is 17.8 Å². The van der Waals surface area contributed by atoms with Gasteiger partial charge in [0.25, 0.3) is 0 Å². The zero-order valence-corrected chi connectivity index (χ0v) is 36.6. The summed E-state index contributed by atoms with van der Waals surface area (Å²) in [5.74, 6) is 1.13. The van der Waals surface area contributed by atoms with E-state index in [1.807, 2.05) is 6.07 Å². The number of aliphatic hydroxyl groups excluding tert-OH is 5. The third kappa shape index (κ3) is 7.52. The average Bonchev–Trinajstić information content (AvgIpc) is 3.99. The number of fused-ring (bicyclic) bond motifs is 7. The highest BCUT2D eigenvalue weighted by atomic mass is 16.7. The predicted molar refractivity (Wildman–Crippen MR) is 240 cm³/mol. The summed E-state index contributed by atoms with van der Waals surface area (Å²) in [4.78, 5) is 69.0. The van der Waals surface area contributed by atoms with Crippen LogP contribution >= 0.6 is 0 Å². The van der Waals surface area contributed by atoms with Gasteiger partial charge in [-0.05, 0) is 67.0 Å². The number of nitrogens with two attached hydrogens (primary N) is 1. The summed E-state index contributed by atoms with van der Waals surface area (Å²) >= 11 is 0.